The van der Waals surface area contributed by atoms with Gasteiger partial charge in [-0.05, 0) is 30.0 Å². The first-order valence-corrected chi connectivity index (χ1v) is 5.82. The summed E-state index contributed by atoms with van der Waals surface area (Å²) in [6, 6.07) is 8.13. The van der Waals surface area contributed by atoms with Crippen molar-refractivity contribution in [3.63, 3.8) is 0 Å². The molecule has 3 heteroatoms. The molecule has 0 fully saturated rings. The lowest BCUT2D eigenvalue weighted by Gasteiger charge is -2.33. The number of fused-ring (bicyclic) bond motifs is 1. The van der Waals surface area contributed by atoms with Crippen molar-refractivity contribution in [3.05, 3.63) is 48.0 Å². The average molecular weight is 231 g/mol. The number of hydrogen-bond donors (Lipinski definition) is 2. The molecular weight excluding hydrogens is 214 g/mol. The fourth-order valence-corrected chi connectivity index (χ4v) is 2.26. The Balaban J connectivity index is 2.05. The summed E-state index contributed by atoms with van der Waals surface area (Å²) in [5, 5.41) is 13.1. The standard InChI is InChI=1S/C14H17NO2/c1-2-13(16)15-10-14(17)8-7-11-5-3-4-6-12(11)9-14/h2-6,17H,1,7-10H2,(H,15,16). The molecule has 1 aromatic rings. The number of benzene rings is 1. The third kappa shape index (κ3) is 2.74. The summed E-state index contributed by atoms with van der Waals surface area (Å²) in [4.78, 5) is 11.1. The van der Waals surface area contributed by atoms with Gasteiger partial charge in [-0.2, -0.15) is 0 Å². The van der Waals surface area contributed by atoms with E-state index in [4.69, 9.17) is 0 Å². The van der Waals surface area contributed by atoms with Crippen molar-refractivity contribution in [1.29, 1.82) is 0 Å². The second-order valence-electron chi connectivity index (χ2n) is 4.59. The fraction of sp³-hybridized carbons (Fsp3) is 0.357. The smallest absolute Gasteiger partial charge is 0.243 e. The van der Waals surface area contributed by atoms with E-state index in [2.05, 4.69) is 18.0 Å². The molecule has 17 heavy (non-hydrogen) atoms. The second kappa shape index (κ2) is 4.72. The molecule has 1 atom stereocenters. The number of hydrogen-bond acceptors (Lipinski definition) is 2. The quantitative estimate of drug-likeness (QED) is 0.768. The zero-order valence-electron chi connectivity index (χ0n) is 9.78. The monoisotopic (exact) mass is 231 g/mol. The summed E-state index contributed by atoms with van der Waals surface area (Å²) >= 11 is 0. The molecule has 3 nitrogen and oxygen atoms in total. The number of carbonyl (C=O) groups is 1. The van der Waals surface area contributed by atoms with Crippen LogP contribution in [-0.2, 0) is 17.6 Å². The van der Waals surface area contributed by atoms with Crippen LogP contribution in [0.5, 0.6) is 0 Å². The minimum Gasteiger partial charge on any atom is -0.388 e. The van der Waals surface area contributed by atoms with Crippen LogP contribution in [0.2, 0.25) is 0 Å². The minimum absolute atomic E-state index is 0.239. The molecule has 0 radical (unpaired) electrons. The van der Waals surface area contributed by atoms with Crippen molar-refractivity contribution >= 4 is 5.91 Å². The van der Waals surface area contributed by atoms with E-state index in [0.717, 1.165) is 6.42 Å². The predicted octanol–water partition coefficient (Wildman–Crippen LogP) is 1.21. The molecule has 1 aliphatic carbocycles. The van der Waals surface area contributed by atoms with E-state index in [1.807, 2.05) is 18.2 Å². The maximum absolute atomic E-state index is 11.1. The Bertz CT molecular complexity index is 442. The first-order chi connectivity index (χ1) is 8.13. The molecule has 2 N–H and O–H groups in total. The summed E-state index contributed by atoms with van der Waals surface area (Å²) in [5.74, 6) is -0.239. The number of aryl methyl sites for hydroxylation is 1. The van der Waals surface area contributed by atoms with Gasteiger partial charge in [0, 0.05) is 13.0 Å². The van der Waals surface area contributed by atoms with Crippen LogP contribution in [0.4, 0.5) is 0 Å². The van der Waals surface area contributed by atoms with Gasteiger partial charge in [0.2, 0.25) is 5.91 Å². The highest BCUT2D eigenvalue weighted by Crippen LogP contribution is 2.28. The second-order valence-corrected chi connectivity index (χ2v) is 4.59. The molecule has 1 unspecified atom stereocenters. The summed E-state index contributed by atoms with van der Waals surface area (Å²) in [7, 11) is 0. The Labute approximate surface area is 101 Å². The van der Waals surface area contributed by atoms with Gasteiger partial charge in [0.1, 0.15) is 0 Å². The van der Waals surface area contributed by atoms with E-state index >= 15 is 0 Å². The molecule has 0 saturated carbocycles. The van der Waals surface area contributed by atoms with Crippen molar-refractivity contribution in [3.8, 4) is 0 Å². The van der Waals surface area contributed by atoms with Crippen LogP contribution in [0.1, 0.15) is 17.5 Å². The van der Waals surface area contributed by atoms with Gasteiger partial charge in [0.05, 0.1) is 5.60 Å². The first kappa shape index (κ1) is 11.9. The van der Waals surface area contributed by atoms with Crippen LogP contribution in [-0.4, -0.2) is 23.2 Å². The molecular formula is C14H17NO2. The largest absolute Gasteiger partial charge is 0.388 e. The fourth-order valence-electron chi connectivity index (χ4n) is 2.26. The number of aliphatic hydroxyl groups is 1. The maximum Gasteiger partial charge on any atom is 0.243 e. The van der Waals surface area contributed by atoms with Crippen LogP contribution in [0.15, 0.2) is 36.9 Å². The summed E-state index contributed by atoms with van der Waals surface area (Å²) in [6.45, 7) is 3.67. The first-order valence-electron chi connectivity index (χ1n) is 5.82. The highest BCUT2D eigenvalue weighted by Gasteiger charge is 2.31. The average Bonchev–Trinajstić information content (AvgIpc) is 2.36. The van der Waals surface area contributed by atoms with E-state index in [9.17, 15) is 9.90 Å². The number of carbonyl (C=O) groups excluding carboxylic acids is 1. The van der Waals surface area contributed by atoms with Crippen LogP contribution >= 0.6 is 0 Å². The molecule has 0 spiro atoms. The number of rotatable bonds is 3. The topological polar surface area (TPSA) is 49.3 Å². The van der Waals surface area contributed by atoms with Crippen LogP contribution in [0.25, 0.3) is 0 Å². The van der Waals surface area contributed by atoms with Gasteiger partial charge in [-0.25, -0.2) is 0 Å². The normalized spacial score (nSPS) is 22.6. The number of amides is 1. The van der Waals surface area contributed by atoms with Crippen LogP contribution < -0.4 is 5.32 Å². The van der Waals surface area contributed by atoms with Crippen molar-refractivity contribution in [1.82, 2.24) is 5.32 Å². The lowest BCUT2D eigenvalue weighted by atomic mass is 9.80. The predicted molar refractivity (Wildman–Crippen MR) is 66.6 cm³/mol. The highest BCUT2D eigenvalue weighted by atomic mass is 16.3. The molecule has 0 bridgehead atoms. The van der Waals surface area contributed by atoms with E-state index < -0.39 is 5.60 Å². The van der Waals surface area contributed by atoms with Crippen molar-refractivity contribution in [2.24, 2.45) is 0 Å². The Morgan fingerprint density at radius 3 is 2.88 bits per heavy atom. The molecule has 0 heterocycles. The van der Waals surface area contributed by atoms with Crippen molar-refractivity contribution in [2.45, 2.75) is 24.9 Å². The third-order valence-electron chi connectivity index (χ3n) is 3.27. The summed E-state index contributed by atoms with van der Waals surface area (Å²) < 4.78 is 0. The van der Waals surface area contributed by atoms with Crippen LogP contribution in [0, 0.1) is 0 Å². The molecule has 0 aliphatic heterocycles. The van der Waals surface area contributed by atoms with E-state index in [1.165, 1.54) is 17.2 Å². The molecule has 2 rings (SSSR count). The lowest BCUT2D eigenvalue weighted by molar-refractivity contribution is -0.117. The van der Waals surface area contributed by atoms with E-state index in [-0.39, 0.29) is 12.5 Å². The molecule has 1 amide bonds. The van der Waals surface area contributed by atoms with Gasteiger partial charge in [-0.3, -0.25) is 4.79 Å². The number of nitrogens with one attached hydrogen (secondary N) is 1. The molecule has 0 saturated heterocycles. The summed E-state index contributed by atoms with van der Waals surface area (Å²) in [6.07, 6.45) is 3.36. The van der Waals surface area contributed by atoms with E-state index in [1.54, 1.807) is 0 Å². The molecule has 90 valence electrons. The van der Waals surface area contributed by atoms with Crippen LogP contribution in [0.3, 0.4) is 0 Å². The SMILES string of the molecule is C=CC(=O)NCC1(O)CCc2ccccc2C1. The van der Waals surface area contributed by atoms with Crippen molar-refractivity contribution < 1.29 is 9.90 Å². The van der Waals surface area contributed by atoms with E-state index in [0.29, 0.717) is 12.8 Å². The summed E-state index contributed by atoms with van der Waals surface area (Å²) in [5.41, 5.74) is 1.65. The van der Waals surface area contributed by atoms with Gasteiger partial charge in [-0.15, -0.1) is 0 Å². The zero-order chi connectivity index (χ0) is 12.3. The Hall–Kier alpha value is -1.61. The van der Waals surface area contributed by atoms with Gasteiger partial charge in [-0.1, -0.05) is 30.8 Å². The lowest BCUT2D eigenvalue weighted by Crippen LogP contribution is -2.46. The van der Waals surface area contributed by atoms with Gasteiger partial charge >= 0.3 is 0 Å². The van der Waals surface area contributed by atoms with Gasteiger partial charge in [0.25, 0.3) is 0 Å². The highest BCUT2D eigenvalue weighted by molar-refractivity contribution is 5.86. The third-order valence-corrected chi connectivity index (χ3v) is 3.27. The molecule has 1 aromatic carbocycles. The van der Waals surface area contributed by atoms with Gasteiger partial charge in [0.15, 0.2) is 0 Å². The zero-order valence-corrected chi connectivity index (χ0v) is 9.78. The Kier molecular flexibility index (Phi) is 3.29. The molecule has 0 aromatic heterocycles. The maximum atomic E-state index is 11.1. The molecule has 1 aliphatic rings. The Morgan fingerprint density at radius 2 is 2.18 bits per heavy atom. The minimum atomic E-state index is -0.826. The Morgan fingerprint density at radius 1 is 1.47 bits per heavy atom. The van der Waals surface area contributed by atoms with Crippen molar-refractivity contribution in [2.75, 3.05) is 6.54 Å². The van der Waals surface area contributed by atoms with Gasteiger partial charge < -0.3 is 10.4 Å².